The van der Waals surface area contributed by atoms with E-state index in [0.29, 0.717) is 33.1 Å². The summed E-state index contributed by atoms with van der Waals surface area (Å²) in [6.07, 6.45) is 1.83. The molecule has 0 saturated heterocycles. The van der Waals surface area contributed by atoms with Crippen molar-refractivity contribution in [1.29, 1.82) is 0 Å². The van der Waals surface area contributed by atoms with Gasteiger partial charge in [-0.15, -0.1) is 0 Å². The average molecular weight is 445 g/mol. The zero-order valence-corrected chi connectivity index (χ0v) is 17.9. The Kier molecular flexibility index (Phi) is 6.87. The second kappa shape index (κ2) is 9.38. The molecule has 0 atom stereocenters. The number of aliphatic hydroxyl groups is 1. The highest BCUT2D eigenvalue weighted by Gasteiger charge is 2.17. The van der Waals surface area contributed by atoms with Gasteiger partial charge in [0.25, 0.3) is 5.91 Å². The van der Waals surface area contributed by atoms with E-state index in [1.54, 1.807) is 37.4 Å². The first kappa shape index (κ1) is 22.0. The molecular formula is C22H21ClN2O4S. The predicted octanol–water partition coefficient (Wildman–Crippen LogP) is 4.12. The third-order valence-electron chi connectivity index (χ3n) is 4.54. The number of sulfone groups is 1. The second-order valence-electron chi connectivity index (χ2n) is 6.74. The van der Waals surface area contributed by atoms with Crippen LogP contribution in [-0.4, -0.2) is 36.8 Å². The van der Waals surface area contributed by atoms with Crippen molar-refractivity contribution in [2.24, 2.45) is 0 Å². The number of pyridine rings is 1. The fourth-order valence-electron chi connectivity index (χ4n) is 2.98. The van der Waals surface area contributed by atoms with Crippen LogP contribution in [-0.2, 0) is 9.84 Å². The minimum absolute atomic E-state index is 0.133. The van der Waals surface area contributed by atoms with Gasteiger partial charge < -0.3 is 10.4 Å². The topological polar surface area (TPSA) is 96.4 Å². The molecule has 3 rings (SSSR count). The molecule has 156 valence electrons. The van der Waals surface area contributed by atoms with E-state index in [1.165, 1.54) is 18.2 Å². The largest absolute Gasteiger partial charge is 0.396 e. The number of amides is 1. The monoisotopic (exact) mass is 444 g/mol. The fourth-order valence-corrected chi connectivity index (χ4v) is 4.57. The molecule has 6 nitrogen and oxygen atoms in total. The summed E-state index contributed by atoms with van der Waals surface area (Å²) in [5, 5.41) is 12.2. The van der Waals surface area contributed by atoms with E-state index in [9.17, 15) is 13.2 Å². The number of carbonyl (C=O) groups excluding carboxylic acids is 1. The summed E-state index contributed by atoms with van der Waals surface area (Å²) in [5.74, 6) is -0.503. The minimum Gasteiger partial charge on any atom is -0.396 e. The molecule has 30 heavy (non-hydrogen) atoms. The molecule has 0 bridgehead atoms. The van der Waals surface area contributed by atoms with Crippen LogP contribution in [0.25, 0.3) is 11.3 Å². The first-order chi connectivity index (χ1) is 14.3. The highest BCUT2D eigenvalue weighted by Crippen LogP contribution is 2.29. The lowest BCUT2D eigenvalue weighted by molar-refractivity contribution is 0.102. The maximum atomic E-state index is 12.8. The normalized spacial score (nSPS) is 11.3. The molecule has 1 heterocycles. The first-order valence-electron chi connectivity index (χ1n) is 9.28. The Morgan fingerprint density at radius 3 is 2.60 bits per heavy atom. The van der Waals surface area contributed by atoms with E-state index in [1.807, 2.05) is 12.1 Å². The Bertz CT molecular complexity index is 1170. The van der Waals surface area contributed by atoms with E-state index < -0.39 is 9.84 Å². The number of nitrogens with one attached hydrogen (secondary N) is 1. The van der Waals surface area contributed by atoms with Crippen LogP contribution in [0.15, 0.2) is 65.7 Å². The third-order valence-corrected chi connectivity index (χ3v) is 6.67. The van der Waals surface area contributed by atoms with E-state index in [4.69, 9.17) is 16.7 Å². The molecule has 3 aromatic rings. The number of anilines is 1. The number of aliphatic hydroxyl groups excluding tert-OH is 1. The van der Waals surface area contributed by atoms with Crippen molar-refractivity contribution >= 4 is 33.0 Å². The highest BCUT2D eigenvalue weighted by molar-refractivity contribution is 7.91. The van der Waals surface area contributed by atoms with Crippen molar-refractivity contribution in [1.82, 2.24) is 4.98 Å². The number of rotatable bonds is 7. The molecule has 0 unspecified atom stereocenters. The summed E-state index contributed by atoms with van der Waals surface area (Å²) in [5.41, 5.74) is 2.83. The fraction of sp³-hybridized carbons (Fsp3) is 0.182. The lowest BCUT2D eigenvalue weighted by atomic mass is 10.1. The van der Waals surface area contributed by atoms with Gasteiger partial charge in [-0.05, 0) is 67.4 Å². The molecule has 0 fully saturated rings. The third kappa shape index (κ3) is 5.05. The average Bonchev–Trinajstić information content (AvgIpc) is 2.74. The van der Waals surface area contributed by atoms with Crippen LogP contribution in [0.2, 0.25) is 5.02 Å². The Hall–Kier alpha value is -2.74. The number of benzene rings is 2. The quantitative estimate of drug-likeness (QED) is 0.571. The van der Waals surface area contributed by atoms with Crippen LogP contribution in [0.3, 0.4) is 0 Å². The summed E-state index contributed by atoms with van der Waals surface area (Å²) in [6, 6.07) is 15.0. The van der Waals surface area contributed by atoms with Crippen LogP contribution in [0.4, 0.5) is 5.69 Å². The zero-order chi connectivity index (χ0) is 21.7. The Labute approximate surface area is 180 Å². The molecule has 0 aliphatic carbocycles. The molecule has 0 spiro atoms. The predicted molar refractivity (Wildman–Crippen MR) is 118 cm³/mol. The van der Waals surface area contributed by atoms with Crippen molar-refractivity contribution in [2.75, 3.05) is 17.7 Å². The van der Waals surface area contributed by atoms with Crippen molar-refractivity contribution in [3.8, 4) is 11.3 Å². The number of aryl methyl sites for hydroxylation is 1. The molecule has 2 aromatic carbocycles. The number of halogens is 1. The van der Waals surface area contributed by atoms with Gasteiger partial charge in [-0.3, -0.25) is 9.78 Å². The zero-order valence-electron chi connectivity index (χ0n) is 16.3. The number of carbonyl (C=O) groups is 1. The van der Waals surface area contributed by atoms with Gasteiger partial charge >= 0.3 is 0 Å². The second-order valence-corrected chi connectivity index (χ2v) is 9.25. The number of hydrogen-bond donors (Lipinski definition) is 2. The van der Waals surface area contributed by atoms with Crippen LogP contribution in [0.5, 0.6) is 0 Å². The standard InChI is InChI=1S/C22H21ClN2O4S/c1-15-13-17(30(28,29)12-4-11-26)7-8-18(15)22(27)25-16-6-9-20(23)19(14-16)21-5-2-3-10-24-21/h2-3,5-10,13-14,26H,4,11-12H2,1H3,(H,25,27). The Morgan fingerprint density at radius 1 is 1.13 bits per heavy atom. The van der Waals surface area contributed by atoms with Gasteiger partial charge in [-0.25, -0.2) is 8.42 Å². The number of aromatic nitrogens is 1. The van der Waals surface area contributed by atoms with Crippen molar-refractivity contribution in [3.05, 3.63) is 76.9 Å². The van der Waals surface area contributed by atoms with Gasteiger partial charge in [0.2, 0.25) is 0 Å². The van der Waals surface area contributed by atoms with Gasteiger partial charge in [0.1, 0.15) is 0 Å². The van der Waals surface area contributed by atoms with Gasteiger partial charge in [0, 0.05) is 29.6 Å². The molecule has 8 heteroatoms. The number of nitrogens with zero attached hydrogens (tertiary/aromatic N) is 1. The van der Waals surface area contributed by atoms with Crippen molar-refractivity contribution in [3.63, 3.8) is 0 Å². The lowest BCUT2D eigenvalue weighted by Crippen LogP contribution is -2.15. The molecule has 0 radical (unpaired) electrons. The summed E-state index contributed by atoms with van der Waals surface area (Å²) in [6.45, 7) is 1.49. The molecule has 1 aromatic heterocycles. The Morgan fingerprint density at radius 2 is 1.93 bits per heavy atom. The van der Waals surface area contributed by atoms with Crippen LogP contribution in [0, 0.1) is 6.92 Å². The molecule has 0 saturated carbocycles. The minimum atomic E-state index is -3.50. The van der Waals surface area contributed by atoms with E-state index in [-0.39, 0.29) is 29.6 Å². The van der Waals surface area contributed by atoms with Gasteiger partial charge in [0.05, 0.1) is 21.4 Å². The van der Waals surface area contributed by atoms with Gasteiger partial charge in [0.15, 0.2) is 9.84 Å². The SMILES string of the molecule is Cc1cc(S(=O)(=O)CCCO)ccc1C(=O)Nc1ccc(Cl)c(-c2ccccn2)c1. The summed E-state index contributed by atoms with van der Waals surface area (Å²) >= 11 is 6.28. The van der Waals surface area contributed by atoms with Crippen molar-refractivity contribution < 1.29 is 18.3 Å². The van der Waals surface area contributed by atoms with Crippen LogP contribution >= 0.6 is 11.6 Å². The number of hydrogen-bond acceptors (Lipinski definition) is 5. The van der Waals surface area contributed by atoms with E-state index in [2.05, 4.69) is 10.3 Å². The van der Waals surface area contributed by atoms with Crippen molar-refractivity contribution in [2.45, 2.75) is 18.2 Å². The Balaban J connectivity index is 1.83. The maximum Gasteiger partial charge on any atom is 0.255 e. The summed E-state index contributed by atoms with van der Waals surface area (Å²) in [7, 11) is -3.50. The highest BCUT2D eigenvalue weighted by atomic mass is 35.5. The molecule has 0 aliphatic rings. The molecule has 0 aliphatic heterocycles. The maximum absolute atomic E-state index is 12.8. The first-order valence-corrected chi connectivity index (χ1v) is 11.3. The molecular weight excluding hydrogens is 424 g/mol. The van der Waals surface area contributed by atoms with Crippen LogP contribution in [0.1, 0.15) is 22.3 Å². The lowest BCUT2D eigenvalue weighted by Gasteiger charge is -2.12. The van der Waals surface area contributed by atoms with E-state index >= 15 is 0 Å². The summed E-state index contributed by atoms with van der Waals surface area (Å²) < 4.78 is 24.6. The van der Waals surface area contributed by atoms with Gasteiger partial charge in [-0.2, -0.15) is 0 Å². The smallest absolute Gasteiger partial charge is 0.255 e. The van der Waals surface area contributed by atoms with Crippen LogP contribution < -0.4 is 5.32 Å². The summed E-state index contributed by atoms with van der Waals surface area (Å²) in [4.78, 5) is 17.2. The van der Waals surface area contributed by atoms with Gasteiger partial charge in [-0.1, -0.05) is 17.7 Å². The molecule has 2 N–H and O–H groups in total. The van der Waals surface area contributed by atoms with E-state index in [0.717, 1.165) is 0 Å². The molecule has 1 amide bonds.